The first kappa shape index (κ1) is 40.8. The Morgan fingerprint density at radius 2 is 1.73 bits per heavy atom. The molecule has 0 radical (unpaired) electrons. The zero-order valence-corrected chi connectivity index (χ0v) is 30.1. The number of fused-ring (bicyclic) bond motifs is 1. The van der Waals surface area contributed by atoms with Gasteiger partial charge in [0.1, 0.15) is 18.1 Å². The summed E-state index contributed by atoms with van der Waals surface area (Å²) in [6, 6.07) is 7.14. The van der Waals surface area contributed by atoms with Crippen molar-refractivity contribution in [3.05, 3.63) is 70.5 Å². The van der Waals surface area contributed by atoms with Gasteiger partial charge in [0.05, 0.1) is 35.6 Å². The van der Waals surface area contributed by atoms with E-state index in [0.29, 0.717) is 30.3 Å². The van der Waals surface area contributed by atoms with E-state index in [-0.39, 0.29) is 83.2 Å². The van der Waals surface area contributed by atoms with Gasteiger partial charge < -0.3 is 53.7 Å². The Balaban J connectivity index is 1.29. The summed E-state index contributed by atoms with van der Waals surface area (Å²) in [4.78, 5) is 79.0. The van der Waals surface area contributed by atoms with E-state index in [2.05, 4.69) is 57.2 Å². The number of likely N-dealkylation sites (N-methyl/N-ethyl adjacent to an activating group) is 1. The molecule has 4 aromatic rings. The lowest BCUT2D eigenvalue weighted by molar-refractivity contribution is -0.125. The van der Waals surface area contributed by atoms with Gasteiger partial charge in [-0.2, -0.15) is 9.97 Å². The van der Waals surface area contributed by atoms with Crippen molar-refractivity contribution >= 4 is 64.4 Å². The molecule has 4 amide bonds. The van der Waals surface area contributed by atoms with E-state index in [1.807, 2.05) is 0 Å². The standard InChI is InChI=1S/C34H43N15O6/c1-17(42-26(52)15-39-2)31(53)44-19-8-10-22(24(13-19)28(35)48-49-38)32(54)40-11-3-4-21(16-50)45-33(55)23-9-6-18(12-25(23)51)5-7-20-14-41-30-27(43-20)29(36)46-34(37)47-30/h6,8-10,12-14,16-17,21,39,49,51H,3-5,7,11,15,38H2,1-2H3,(H2,35,48)(H,40,54)(H,42,52)(H,44,53)(H,45,55)(H4,36,37,41,46,47). The van der Waals surface area contributed by atoms with Gasteiger partial charge in [-0.25, -0.2) is 21.3 Å². The van der Waals surface area contributed by atoms with Crippen LogP contribution >= 0.6 is 0 Å². The van der Waals surface area contributed by atoms with Crippen LogP contribution in [0.3, 0.4) is 0 Å². The molecule has 21 heteroatoms. The van der Waals surface area contributed by atoms with Gasteiger partial charge in [-0.05, 0) is 75.5 Å². The fraction of sp³-hybridized carbons (Fsp3) is 0.294. The molecule has 15 N–H and O–H groups in total. The fourth-order valence-corrected chi connectivity index (χ4v) is 5.27. The third-order valence-electron chi connectivity index (χ3n) is 8.04. The Morgan fingerprint density at radius 3 is 2.44 bits per heavy atom. The summed E-state index contributed by atoms with van der Waals surface area (Å²) in [5.74, 6) is 2.90. The number of aromatic hydroxyl groups is 1. The van der Waals surface area contributed by atoms with E-state index in [1.54, 1.807) is 19.3 Å². The van der Waals surface area contributed by atoms with Gasteiger partial charge in [0, 0.05) is 17.8 Å². The van der Waals surface area contributed by atoms with Crippen molar-refractivity contribution in [2.75, 3.05) is 36.9 Å². The fourth-order valence-electron chi connectivity index (χ4n) is 5.27. The van der Waals surface area contributed by atoms with Crippen LogP contribution < -0.4 is 55.2 Å². The van der Waals surface area contributed by atoms with Crippen LogP contribution in [0.15, 0.2) is 47.7 Å². The number of amides is 4. The average molecular weight is 758 g/mol. The summed E-state index contributed by atoms with van der Waals surface area (Å²) < 4.78 is 0. The molecule has 2 atom stereocenters. The molecule has 290 valence electrons. The molecule has 0 saturated heterocycles. The van der Waals surface area contributed by atoms with E-state index in [1.165, 1.54) is 37.3 Å². The van der Waals surface area contributed by atoms with Crippen molar-refractivity contribution in [3.8, 4) is 5.75 Å². The number of phenolic OH excluding ortho intramolecular Hbond substituents is 1. The summed E-state index contributed by atoms with van der Waals surface area (Å²) in [7, 11) is 1.60. The smallest absolute Gasteiger partial charge is 0.255 e. The van der Waals surface area contributed by atoms with Crippen molar-refractivity contribution in [1.82, 2.24) is 46.7 Å². The predicted octanol–water partition coefficient (Wildman–Crippen LogP) is -1.67. The van der Waals surface area contributed by atoms with E-state index < -0.39 is 29.8 Å². The molecule has 0 aliphatic rings. The number of benzene rings is 2. The van der Waals surface area contributed by atoms with Crippen molar-refractivity contribution < 1.29 is 29.1 Å². The highest BCUT2D eigenvalue weighted by atomic mass is 16.3. The third-order valence-corrected chi connectivity index (χ3v) is 8.04. The number of carbonyl (C=O) groups is 5. The number of amidine groups is 1. The molecule has 2 aromatic heterocycles. The molecule has 21 nitrogen and oxygen atoms in total. The molecular formula is C34H43N15O6. The molecule has 0 saturated carbocycles. The maximum Gasteiger partial charge on any atom is 0.255 e. The molecule has 0 bridgehead atoms. The molecule has 2 unspecified atom stereocenters. The first-order valence-electron chi connectivity index (χ1n) is 16.9. The van der Waals surface area contributed by atoms with E-state index in [4.69, 9.17) is 23.0 Å². The number of rotatable bonds is 18. The second kappa shape index (κ2) is 19.2. The number of nitrogen functional groups attached to an aromatic ring is 2. The number of anilines is 3. The van der Waals surface area contributed by atoms with Gasteiger partial charge in [-0.3, -0.25) is 19.2 Å². The Morgan fingerprint density at radius 1 is 0.964 bits per heavy atom. The van der Waals surface area contributed by atoms with Crippen molar-refractivity contribution in [1.29, 1.82) is 0 Å². The Bertz CT molecular complexity index is 2090. The molecule has 2 aromatic carbocycles. The summed E-state index contributed by atoms with van der Waals surface area (Å²) in [6.45, 7) is 1.66. The lowest BCUT2D eigenvalue weighted by atomic mass is 10.0. The minimum atomic E-state index is -0.913. The molecule has 0 fully saturated rings. The highest BCUT2D eigenvalue weighted by molar-refractivity contribution is 6.10. The number of nitrogens with two attached hydrogens (primary N) is 4. The third kappa shape index (κ3) is 11.2. The van der Waals surface area contributed by atoms with Crippen molar-refractivity contribution in [2.24, 2.45) is 16.7 Å². The zero-order chi connectivity index (χ0) is 40.1. The number of aryl methyl sites for hydroxylation is 2. The van der Waals surface area contributed by atoms with Gasteiger partial charge in [0.15, 0.2) is 22.8 Å². The van der Waals surface area contributed by atoms with Crippen LogP contribution in [0, 0.1) is 0 Å². The van der Waals surface area contributed by atoms with Gasteiger partial charge in [-0.15, -0.1) is 5.10 Å². The molecule has 0 spiro atoms. The first-order valence-corrected chi connectivity index (χ1v) is 16.9. The molecule has 2 heterocycles. The second-order valence-electron chi connectivity index (χ2n) is 12.2. The van der Waals surface area contributed by atoms with Crippen LogP contribution in [-0.2, 0) is 27.2 Å². The largest absolute Gasteiger partial charge is 0.507 e. The zero-order valence-electron chi connectivity index (χ0n) is 30.1. The number of carbonyl (C=O) groups excluding carboxylic acids is 5. The van der Waals surface area contributed by atoms with Crippen LogP contribution in [0.5, 0.6) is 5.75 Å². The number of hydrogen-bond acceptors (Lipinski definition) is 16. The molecule has 55 heavy (non-hydrogen) atoms. The summed E-state index contributed by atoms with van der Waals surface area (Å²) in [5, 5.41) is 27.6. The predicted molar refractivity (Wildman–Crippen MR) is 203 cm³/mol. The van der Waals surface area contributed by atoms with Crippen LogP contribution in [-0.4, -0.2) is 93.0 Å². The van der Waals surface area contributed by atoms with Crippen LogP contribution in [0.1, 0.15) is 57.3 Å². The van der Waals surface area contributed by atoms with Crippen molar-refractivity contribution in [3.63, 3.8) is 0 Å². The molecule has 0 aliphatic carbocycles. The Hall–Kier alpha value is -7.00. The quantitative estimate of drug-likeness (QED) is 0.0135. The first-order chi connectivity index (χ1) is 26.3. The molecule has 4 rings (SSSR count). The monoisotopic (exact) mass is 757 g/mol. The summed E-state index contributed by atoms with van der Waals surface area (Å²) in [6.07, 6.45) is 3.47. The number of nitrogens with zero attached hydrogens (tertiary/aromatic N) is 5. The highest BCUT2D eigenvalue weighted by Gasteiger charge is 2.20. The summed E-state index contributed by atoms with van der Waals surface area (Å²) in [5.41, 5.74) is 22.0. The number of hydrogen-bond donors (Lipinski definition) is 11. The van der Waals surface area contributed by atoms with Gasteiger partial charge in [-0.1, -0.05) is 6.07 Å². The van der Waals surface area contributed by atoms with E-state index >= 15 is 0 Å². The lowest BCUT2D eigenvalue weighted by Gasteiger charge is -2.16. The van der Waals surface area contributed by atoms with Gasteiger partial charge >= 0.3 is 0 Å². The van der Waals surface area contributed by atoms with Crippen LogP contribution in [0.25, 0.3) is 11.2 Å². The lowest BCUT2D eigenvalue weighted by Crippen LogP contribution is -2.44. The number of hydrazone groups is 1. The van der Waals surface area contributed by atoms with Crippen molar-refractivity contribution in [2.45, 2.75) is 44.7 Å². The molecular weight excluding hydrogens is 714 g/mol. The van der Waals surface area contributed by atoms with Crippen LogP contribution in [0.2, 0.25) is 0 Å². The van der Waals surface area contributed by atoms with Crippen LogP contribution in [0.4, 0.5) is 17.5 Å². The van der Waals surface area contributed by atoms with E-state index in [0.717, 1.165) is 5.56 Å². The SMILES string of the molecule is CNCC(=O)NC(C)C(=O)Nc1ccc(C(=O)NCCCC(C=O)NC(=O)c2ccc(CCc3cnc4nc(N)nc(N)c4n3)cc2O)c(/C(N)=N/NN)c1. The maximum absolute atomic E-state index is 13.1. The van der Waals surface area contributed by atoms with E-state index in [9.17, 15) is 29.1 Å². The maximum atomic E-state index is 13.1. The Kier molecular flexibility index (Phi) is 14.2. The molecule has 0 aliphatic heterocycles. The second-order valence-corrected chi connectivity index (χ2v) is 12.2. The normalized spacial score (nSPS) is 12.3. The number of aldehydes is 1. The highest BCUT2D eigenvalue weighted by Crippen LogP contribution is 2.22. The minimum Gasteiger partial charge on any atom is -0.507 e. The number of hydrazine groups is 1. The topological polar surface area (TPSA) is 346 Å². The Labute approximate surface area is 314 Å². The number of aromatic nitrogens is 4. The minimum absolute atomic E-state index is 0.00479. The summed E-state index contributed by atoms with van der Waals surface area (Å²) >= 11 is 0. The average Bonchev–Trinajstić information content (AvgIpc) is 3.15. The van der Waals surface area contributed by atoms with Gasteiger partial charge in [0.25, 0.3) is 11.8 Å². The van der Waals surface area contributed by atoms with Gasteiger partial charge in [0.2, 0.25) is 17.8 Å². The number of nitrogens with one attached hydrogen (secondary N) is 6. The number of phenols is 1.